The topological polar surface area (TPSA) is 131 Å². The Balaban J connectivity index is 3.44. The fourth-order valence-corrected chi connectivity index (χ4v) is 3.75. The summed E-state index contributed by atoms with van der Waals surface area (Å²) in [4.78, 5) is 53.1. The fraction of sp³-hybridized carbons (Fsp3) is 0.630. The molecule has 1 aromatic carbocycles. The van der Waals surface area contributed by atoms with Gasteiger partial charge in [-0.3, -0.25) is 14.4 Å². The summed E-state index contributed by atoms with van der Waals surface area (Å²) >= 11 is 0. The Bertz CT molecular complexity index is 881. The van der Waals surface area contributed by atoms with Crippen LogP contribution in [0.2, 0.25) is 0 Å². The van der Waals surface area contributed by atoms with Crippen molar-refractivity contribution < 1.29 is 23.9 Å². The summed E-state index contributed by atoms with van der Waals surface area (Å²) in [6, 6.07) is 5.23. The van der Waals surface area contributed by atoms with Crippen LogP contribution in [0.15, 0.2) is 24.3 Å². The molecule has 0 saturated carbocycles. The van der Waals surface area contributed by atoms with E-state index in [4.69, 9.17) is 10.5 Å². The minimum atomic E-state index is -1.27. The van der Waals surface area contributed by atoms with Crippen molar-refractivity contribution in [1.82, 2.24) is 15.5 Å². The molecule has 0 bridgehead atoms. The monoisotopic (exact) mass is 504 g/mol. The van der Waals surface area contributed by atoms with Gasteiger partial charge in [0.2, 0.25) is 17.7 Å². The van der Waals surface area contributed by atoms with Crippen LogP contribution in [0.25, 0.3) is 0 Å². The molecule has 2 atom stereocenters. The van der Waals surface area contributed by atoms with Gasteiger partial charge >= 0.3 is 6.09 Å². The summed E-state index contributed by atoms with van der Waals surface area (Å²) in [5, 5.41) is 5.44. The van der Waals surface area contributed by atoms with Crippen molar-refractivity contribution in [3.05, 3.63) is 35.4 Å². The molecule has 4 amide bonds. The molecule has 0 saturated heterocycles. The second-order valence-corrected chi connectivity index (χ2v) is 10.1. The molecule has 2 unspecified atom stereocenters. The van der Waals surface area contributed by atoms with Gasteiger partial charge in [-0.25, -0.2) is 4.79 Å². The number of hydrogen-bond donors (Lipinski definition) is 3. The highest BCUT2D eigenvalue weighted by Crippen LogP contribution is 2.25. The Labute approximate surface area is 215 Å². The average molecular weight is 505 g/mol. The SMILES string of the molecule is CCCCCN(C(=O)C(CC(N)=O)NC(=O)OC(C)(C)C)C(C(=O)NCCCC)c1cccc(C)c1. The van der Waals surface area contributed by atoms with E-state index in [0.717, 1.165) is 31.2 Å². The molecule has 0 fully saturated rings. The van der Waals surface area contributed by atoms with Crippen LogP contribution in [0.1, 0.15) is 90.3 Å². The maximum absolute atomic E-state index is 13.9. The standard InChI is InChI=1S/C27H44N4O5/c1-7-9-11-16-31(25(34)21(18-22(28)32)30-26(35)36-27(4,5)6)23(24(33)29-15-10-8-2)20-14-12-13-19(3)17-20/h12-14,17,21,23H,7-11,15-16,18H2,1-6H3,(H2,28,32)(H,29,33)(H,30,35). The highest BCUT2D eigenvalue weighted by atomic mass is 16.6. The number of primary amides is 1. The largest absolute Gasteiger partial charge is 0.444 e. The van der Waals surface area contributed by atoms with Gasteiger partial charge in [0.25, 0.3) is 0 Å². The van der Waals surface area contributed by atoms with E-state index in [9.17, 15) is 19.2 Å². The van der Waals surface area contributed by atoms with Gasteiger partial charge in [-0.2, -0.15) is 0 Å². The molecule has 0 radical (unpaired) electrons. The molecule has 0 aliphatic carbocycles. The number of nitrogens with two attached hydrogens (primary N) is 1. The molecular weight excluding hydrogens is 460 g/mol. The molecule has 0 aromatic heterocycles. The minimum absolute atomic E-state index is 0.276. The van der Waals surface area contributed by atoms with E-state index in [-0.39, 0.29) is 12.5 Å². The number of aryl methyl sites for hydroxylation is 1. The fourth-order valence-electron chi connectivity index (χ4n) is 3.75. The quantitative estimate of drug-likeness (QED) is 0.332. The molecule has 36 heavy (non-hydrogen) atoms. The molecule has 4 N–H and O–H groups in total. The van der Waals surface area contributed by atoms with E-state index < -0.39 is 42.0 Å². The van der Waals surface area contributed by atoms with Crippen molar-refractivity contribution in [2.45, 2.75) is 97.8 Å². The predicted octanol–water partition coefficient (Wildman–Crippen LogP) is 3.74. The molecule has 0 heterocycles. The van der Waals surface area contributed by atoms with E-state index in [1.165, 1.54) is 4.90 Å². The third kappa shape index (κ3) is 11.1. The Morgan fingerprint density at radius 1 is 1.06 bits per heavy atom. The molecule has 1 aromatic rings. The maximum atomic E-state index is 13.9. The summed E-state index contributed by atoms with van der Waals surface area (Å²) in [5.74, 6) is -1.63. The van der Waals surface area contributed by atoms with E-state index in [0.29, 0.717) is 18.5 Å². The molecule has 1 rings (SSSR count). The van der Waals surface area contributed by atoms with Crippen LogP contribution >= 0.6 is 0 Å². The number of hydrogen-bond acceptors (Lipinski definition) is 5. The van der Waals surface area contributed by atoms with Gasteiger partial charge in [-0.1, -0.05) is 62.9 Å². The molecule has 0 aliphatic heterocycles. The van der Waals surface area contributed by atoms with Gasteiger partial charge < -0.3 is 26.0 Å². The number of carbonyl (C=O) groups is 4. The number of nitrogens with zero attached hydrogens (tertiary/aromatic N) is 1. The number of carbonyl (C=O) groups excluding carboxylic acids is 4. The van der Waals surface area contributed by atoms with Gasteiger partial charge in [0.1, 0.15) is 17.7 Å². The van der Waals surface area contributed by atoms with E-state index in [1.54, 1.807) is 20.8 Å². The second-order valence-electron chi connectivity index (χ2n) is 10.1. The Morgan fingerprint density at radius 3 is 2.28 bits per heavy atom. The zero-order valence-corrected chi connectivity index (χ0v) is 22.7. The number of rotatable bonds is 14. The van der Waals surface area contributed by atoms with Crippen molar-refractivity contribution in [2.75, 3.05) is 13.1 Å². The van der Waals surface area contributed by atoms with Gasteiger partial charge in [-0.05, 0) is 46.1 Å². The number of nitrogens with one attached hydrogen (secondary N) is 2. The van der Waals surface area contributed by atoms with E-state index >= 15 is 0 Å². The summed E-state index contributed by atoms with van der Waals surface area (Å²) in [5.41, 5.74) is 6.23. The van der Waals surface area contributed by atoms with Crippen molar-refractivity contribution in [2.24, 2.45) is 5.73 Å². The first-order chi connectivity index (χ1) is 16.9. The minimum Gasteiger partial charge on any atom is -0.444 e. The zero-order valence-electron chi connectivity index (χ0n) is 22.7. The summed E-state index contributed by atoms with van der Waals surface area (Å²) in [7, 11) is 0. The number of unbranched alkanes of at least 4 members (excludes halogenated alkanes) is 3. The summed E-state index contributed by atoms with van der Waals surface area (Å²) < 4.78 is 5.30. The number of amides is 4. The molecule has 9 heteroatoms. The Kier molecular flexibility index (Phi) is 13.0. The van der Waals surface area contributed by atoms with Crippen LogP contribution in [0.5, 0.6) is 0 Å². The lowest BCUT2D eigenvalue weighted by molar-refractivity contribution is -0.143. The highest BCUT2D eigenvalue weighted by Gasteiger charge is 2.36. The van der Waals surface area contributed by atoms with Gasteiger partial charge in [0.15, 0.2) is 0 Å². The summed E-state index contributed by atoms with van der Waals surface area (Å²) in [6.45, 7) is 11.8. The number of benzene rings is 1. The van der Waals surface area contributed by atoms with Crippen molar-refractivity contribution in [1.29, 1.82) is 0 Å². The first kappa shape index (κ1) is 30.9. The molecule has 0 aliphatic rings. The van der Waals surface area contributed by atoms with Gasteiger partial charge in [-0.15, -0.1) is 0 Å². The lowest BCUT2D eigenvalue weighted by Crippen LogP contribution is -2.54. The molecule has 202 valence electrons. The van der Waals surface area contributed by atoms with Crippen LogP contribution in [0, 0.1) is 6.92 Å². The third-order valence-electron chi connectivity index (χ3n) is 5.43. The van der Waals surface area contributed by atoms with Gasteiger partial charge in [0.05, 0.1) is 6.42 Å². The van der Waals surface area contributed by atoms with Crippen LogP contribution < -0.4 is 16.4 Å². The molecular formula is C27H44N4O5. The van der Waals surface area contributed by atoms with E-state index in [1.807, 2.05) is 45.0 Å². The number of ether oxygens (including phenoxy) is 1. The first-order valence-corrected chi connectivity index (χ1v) is 12.8. The summed E-state index contributed by atoms with van der Waals surface area (Å²) in [6.07, 6.45) is 2.89. The molecule has 0 spiro atoms. The van der Waals surface area contributed by atoms with Crippen LogP contribution in [0.3, 0.4) is 0 Å². The third-order valence-corrected chi connectivity index (χ3v) is 5.43. The van der Waals surface area contributed by atoms with Crippen LogP contribution in [-0.2, 0) is 19.1 Å². The van der Waals surface area contributed by atoms with Crippen molar-refractivity contribution >= 4 is 23.8 Å². The lowest BCUT2D eigenvalue weighted by atomic mass is 9.99. The molecule has 9 nitrogen and oxygen atoms in total. The maximum Gasteiger partial charge on any atom is 0.408 e. The van der Waals surface area contributed by atoms with Crippen LogP contribution in [0.4, 0.5) is 4.79 Å². The lowest BCUT2D eigenvalue weighted by Gasteiger charge is -2.34. The number of alkyl carbamates (subject to hydrolysis) is 1. The zero-order chi connectivity index (χ0) is 27.3. The van der Waals surface area contributed by atoms with Crippen LogP contribution in [-0.4, -0.2) is 53.4 Å². The second kappa shape index (κ2) is 15.1. The smallest absolute Gasteiger partial charge is 0.408 e. The predicted molar refractivity (Wildman–Crippen MR) is 140 cm³/mol. The average Bonchev–Trinajstić information content (AvgIpc) is 2.76. The van der Waals surface area contributed by atoms with Gasteiger partial charge in [0, 0.05) is 13.1 Å². The highest BCUT2D eigenvalue weighted by molar-refractivity contribution is 5.94. The van der Waals surface area contributed by atoms with E-state index in [2.05, 4.69) is 10.6 Å². The Hall–Kier alpha value is -3.10. The first-order valence-electron chi connectivity index (χ1n) is 12.8. The van der Waals surface area contributed by atoms with Crippen molar-refractivity contribution in [3.63, 3.8) is 0 Å². The van der Waals surface area contributed by atoms with Crippen molar-refractivity contribution in [3.8, 4) is 0 Å². The Morgan fingerprint density at radius 2 is 1.72 bits per heavy atom. The normalized spacial score (nSPS) is 12.8.